The van der Waals surface area contributed by atoms with Crippen molar-refractivity contribution >= 4 is 5.97 Å². The first-order valence-electron chi connectivity index (χ1n) is 5.82. The molecule has 0 atom stereocenters. The number of hydrogen-bond donors (Lipinski definition) is 1. The molecule has 0 bridgehead atoms. The van der Waals surface area contributed by atoms with E-state index in [0.717, 1.165) is 24.4 Å². The zero-order valence-electron chi connectivity index (χ0n) is 10.2. The highest BCUT2D eigenvalue weighted by Crippen LogP contribution is 2.22. The molecule has 0 saturated carbocycles. The van der Waals surface area contributed by atoms with Gasteiger partial charge in [-0.3, -0.25) is 4.79 Å². The van der Waals surface area contributed by atoms with E-state index in [9.17, 15) is 4.79 Å². The summed E-state index contributed by atoms with van der Waals surface area (Å²) in [5, 5.41) is 8.64. The van der Waals surface area contributed by atoms with Crippen LogP contribution in [0.4, 0.5) is 0 Å². The van der Waals surface area contributed by atoms with Crippen molar-refractivity contribution in [1.29, 1.82) is 0 Å². The normalized spacial score (nSPS) is 11.0. The second-order valence-corrected chi connectivity index (χ2v) is 4.07. The summed E-state index contributed by atoms with van der Waals surface area (Å²) in [6.45, 7) is 4.31. The first kappa shape index (κ1) is 12.7. The van der Waals surface area contributed by atoms with E-state index < -0.39 is 5.97 Å². The molecule has 0 saturated heterocycles. The molecular formula is C12H20N2O2. The predicted octanol–water partition coefficient (Wildman–Crippen LogP) is 2.34. The monoisotopic (exact) mass is 224 g/mol. The summed E-state index contributed by atoms with van der Waals surface area (Å²) in [5.41, 5.74) is 1.00. The van der Waals surface area contributed by atoms with Gasteiger partial charge < -0.3 is 9.67 Å². The van der Waals surface area contributed by atoms with E-state index in [1.54, 1.807) is 6.20 Å². The van der Waals surface area contributed by atoms with Crippen molar-refractivity contribution in [2.75, 3.05) is 0 Å². The Balaban J connectivity index is 2.79. The number of nitrogens with zero attached hydrogens (tertiary/aromatic N) is 2. The lowest BCUT2D eigenvalue weighted by Gasteiger charge is -2.13. The maximum absolute atomic E-state index is 10.5. The molecule has 0 amide bonds. The zero-order valence-corrected chi connectivity index (χ0v) is 10.2. The molecule has 0 aliphatic heterocycles. The topological polar surface area (TPSA) is 55.1 Å². The fraction of sp³-hybridized carbons (Fsp3) is 0.667. The smallest absolute Gasteiger partial charge is 0.303 e. The Kier molecular flexibility index (Phi) is 4.52. The van der Waals surface area contributed by atoms with Crippen molar-refractivity contribution in [1.82, 2.24) is 9.55 Å². The summed E-state index contributed by atoms with van der Waals surface area (Å²) in [6.07, 6.45) is 4.66. The lowest BCUT2D eigenvalue weighted by molar-refractivity contribution is -0.136. The Morgan fingerprint density at radius 3 is 2.62 bits per heavy atom. The number of carboxylic acid groups (broad SMARTS) is 1. The number of rotatable bonds is 6. The number of aliphatic carboxylic acids is 1. The predicted molar refractivity (Wildman–Crippen MR) is 62.5 cm³/mol. The van der Waals surface area contributed by atoms with Crippen molar-refractivity contribution in [3.8, 4) is 0 Å². The minimum absolute atomic E-state index is 0.169. The lowest BCUT2D eigenvalue weighted by Crippen LogP contribution is -2.08. The van der Waals surface area contributed by atoms with Gasteiger partial charge >= 0.3 is 5.97 Å². The fourth-order valence-electron chi connectivity index (χ4n) is 1.96. The van der Waals surface area contributed by atoms with Crippen LogP contribution in [-0.2, 0) is 18.3 Å². The quantitative estimate of drug-likeness (QED) is 0.807. The average Bonchev–Trinajstić information content (AvgIpc) is 2.60. The number of carboxylic acids is 1. The van der Waals surface area contributed by atoms with Crippen molar-refractivity contribution in [2.45, 2.75) is 45.4 Å². The maximum Gasteiger partial charge on any atom is 0.303 e. The third-order valence-electron chi connectivity index (χ3n) is 3.07. The van der Waals surface area contributed by atoms with Crippen LogP contribution in [-0.4, -0.2) is 20.6 Å². The van der Waals surface area contributed by atoms with Crippen LogP contribution in [0, 0.1) is 0 Å². The van der Waals surface area contributed by atoms with E-state index in [0.29, 0.717) is 12.3 Å². The third-order valence-corrected chi connectivity index (χ3v) is 3.07. The van der Waals surface area contributed by atoms with E-state index in [2.05, 4.69) is 18.8 Å². The van der Waals surface area contributed by atoms with Crippen molar-refractivity contribution in [3.05, 3.63) is 17.7 Å². The molecule has 90 valence electrons. The number of aryl methyl sites for hydroxylation is 1. The first-order chi connectivity index (χ1) is 7.60. The Hall–Kier alpha value is -1.32. The highest BCUT2D eigenvalue weighted by atomic mass is 16.4. The largest absolute Gasteiger partial charge is 0.481 e. The van der Waals surface area contributed by atoms with Gasteiger partial charge in [-0.25, -0.2) is 4.98 Å². The molecule has 0 aliphatic carbocycles. The molecule has 0 aromatic carbocycles. The molecule has 0 radical (unpaired) electrons. The molecule has 1 aromatic rings. The molecule has 1 N–H and O–H groups in total. The highest BCUT2D eigenvalue weighted by Gasteiger charge is 2.14. The Morgan fingerprint density at radius 1 is 1.50 bits per heavy atom. The summed E-state index contributed by atoms with van der Waals surface area (Å²) in [4.78, 5) is 14.9. The van der Waals surface area contributed by atoms with Gasteiger partial charge in [0.1, 0.15) is 5.82 Å². The van der Waals surface area contributed by atoms with Gasteiger partial charge in [-0.15, -0.1) is 0 Å². The average molecular weight is 224 g/mol. The summed E-state index contributed by atoms with van der Waals surface area (Å²) >= 11 is 0. The molecule has 0 spiro atoms. The van der Waals surface area contributed by atoms with Gasteiger partial charge in [0, 0.05) is 24.9 Å². The number of hydrogen-bond acceptors (Lipinski definition) is 2. The van der Waals surface area contributed by atoms with Crippen LogP contribution < -0.4 is 0 Å². The first-order valence-corrected chi connectivity index (χ1v) is 5.82. The van der Waals surface area contributed by atoms with Crippen LogP contribution in [0.15, 0.2) is 6.20 Å². The van der Waals surface area contributed by atoms with Gasteiger partial charge in [0.05, 0.1) is 6.42 Å². The van der Waals surface area contributed by atoms with Gasteiger partial charge in [0.25, 0.3) is 0 Å². The van der Waals surface area contributed by atoms with Crippen LogP contribution in [0.5, 0.6) is 0 Å². The van der Waals surface area contributed by atoms with E-state index in [1.807, 2.05) is 11.6 Å². The molecule has 0 unspecified atom stereocenters. The molecule has 4 heteroatoms. The number of aromatic nitrogens is 2. The van der Waals surface area contributed by atoms with E-state index in [-0.39, 0.29) is 6.42 Å². The van der Waals surface area contributed by atoms with Crippen LogP contribution in [0.3, 0.4) is 0 Å². The van der Waals surface area contributed by atoms with Gasteiger partial charge in [0.2, 0.25) is 0 Å². The molecule has 1 aromatic heterocycles. The van der Waals surface area contributed by atoms with Gasteiger partial charge in [-0.1, -0.05) is 13.8 Å². The molecule has 16 heavy (non-hydrogen) atoms. The minimum Gasteiger partial charge on any atom is -0.481 e. The minimum atomic E-state index is -0.759. The Bertz CT molecular complexity index is 354. The van der Waals surface area contributed by atoms with Crippen molar-refractivity contribution in [3.63, 3.8) is 0 Å². The maximum atomic E-state index is 10.5. The molecular weight excluding hydrogens is 204 g/mol. The summed E-state index contributed by atoms with van der Waals surface area (Å²) in [6, 6.07) is 0. The SMILES string of the molecule is CCC(CC)c1ncc(CCC(=O)O)n1C. The third kappa shape index (κ3) is 2.84. The van der Waals surface area contributed by atoms with Gasteiger partial charge in [-0.2, -0.15) is 0 Å². The molecule has 1 rings (SSSR count). The Morgan fingerprint density at radius 2 is 2.12 bits per heavy atom. The number of carbonyl (C=O) groups is 1. The summed E-state index contributed by atoms with van der Waals surface area (Å²) in [7, 11) is 1.97. The molecule has 1 heterocycles. The van der Waals surface area contributed by atoms with Crippen LogP contribution in [0.25, 0.3) is 0 Å². The van der Waals surface area contributed by atoms with Gasteiger partial charge in [0.15, 0.2) is 0 Å². The summed E-state index contributed by atoms with van der Waals surface area (Å²) in [5.74, 6) is 0.791. The second-order valence-electron chi connectivity index (χ2n) is 4.07. The lowest BCUT2D eigenvalue weighted by atomic mass is 10.0. The highest BCUT2D eigenvalue weighted by molar-refractivity contribution is 5.66. The van der Waals surface area contributed by atoms with E-state index in [4.69, 9.17) is 5.11 Å². The van der Waals surface area contributed by atoms with Crippen LogP contribution in [0.1, 0.15) is 50.5 Å². The van der Waals surface area contributed by atoms with Crippen molar-refractivity contribution < 1.29 is 9.90 Å². The van der Waals surface area contributed by atoms with E-state index in [1.165, 1.54) is 0 Å². The fourth-order valence-corrected chi connectivity index (χ4v) is 1.96. The number of imidazole rings is 1. The van der Waals surface area contributed by atoms with Gasteiger partial charge in [-0.05, 0) is 19.3 Å². The molecule has 0 fully saturated rings. The summed E-state index contributed by atoms with van der Waals surface area (Å²) < 4.78 is 2.04. The zero-order chi connectivity index (χ0) is 12.1. The molecule has 4 nitrogen and oxygen atoms in total. The molecule has 0 aliphatic rings. The second kappa shape index (κ2) is 5.68. The Labute approximate surface area is 96.3 Å². The van der Waals surface area contributed by atoms with Crippen molar-refractivity contribution in [2.24, 2.45) is 7.05 Å². The standard InChI is InChI=1S/C12H20N2O2/c1-4-9(5-2)12-13-8-10(14(12)3)6-7-11(15)16/h8-9H,4-7H2,1-3H3,(H,15,16). The van der Waals surface area contributed by atoms with Crippen LogP contribution in [0.2, 0.25) is 0 Å². The van der Waals surface area contributed by atoms with E-state index >= 15 is 0 Å². The van der Waals surface area contributed by atoms with Crippen LogP contribution >= 0.6 is 0 Å².